The Bertz CT molecular complexity index is 478. The molecular weight excluding hydrogens is 242 g/mol. The van der Waals surface area contributed by atoms with Crippen LogP contribution < -0.4 is 0 Å². The molecule has 0 amide bonds. The summed E-state index contributed by atoms with van der Waals surface area (Å²) in [5.41, 5.74) is 0.347. The van der Waals surface area contributed by atoms with Gasteiger partial charge in [0, 0.05) is 5.41 Å². The minimum atomic E-state index is 0.347. The van der Waals surface area contributed by atoms with Gasteiger partial charge in [-0.15, -0.1) is 10.2 Å². The van der Waals surface area contributed by atoms with Crippen molar-refractivity contribution in [1.82, 2.24) is 10.2 Å². The number of hydrogen-bond acceptors (Lipinski definition) is 4. The summed E-state index contributed by atoms with van der Waals surface area (Å²) < 4.78 is 0. The first-order valence-electron chi connectivity index (χ1n) is 6.97. The maximum Gasteiger partial charge on any atom is 0.131 e. The fraction of sp³-hybridized carbons (Fsp3) is 0.786. The molecule has 4 aliphatic carbocycles. The summed E-state index contributed by atoms with van der Waals surface area (Å²) >= 11 is 1.70. The van der Waals surface area contributed by atoms with Gasteiger partial charge in [0.1, 0.15) is 10.0 Å². The molecule has 0 spiro atoms. The second-order valence-electron chi connectivity index (χ2n) is 6.53. The third-order valence-corrected chi connectivity index (χ3v) is 6.36. The summed E-state index contributed by atoms with van der Waals surface area (Å²) in [4.78, 5) is 0. The molecule has 1 aromatic heterocycles. The predicted octanol–water partition coefficient (Wildman–Crippen LogP) is 3.07. The SMILES string of the molecule is N#CCc1nnc(C23CC4CC(CC(C4)C2)C3)s1. The van der Waals surface area contributed by atoms with Gasteiger partial charge in [-0.1, -0.05) is 11.3 Å². The van der Waals surface area contributed by atoms with Crippen molar-refractivity contribution >= 4 is 11.3 Å². The summed E-state index contributed by atoms with van der Waals surface area (Å²) in [6.45, 7) is 0. The summed E-state index contributed by atoms with van der Waals surface area (Å²) in [5, 5.41) is 19.6. The number of nitrogens with zero attached hydrogens (tertiary/aromatic N) is 3. The van der Waals surface area contributed by atoms with Crippen LogP contribution in [-0.4, -0.2) is 10.2 Å². The van der Waals surface area contributed by atoms with Gasteiger partial charge in [0.05, 0.1) is 12.5 Å². The highest BCUT2D eigenvalue weighted by molar-refractivity contribution is 7.11. The van der Waals surface area contributed by atoms with Crippen molar-refractivity contribution in [2.75, 3.05) is 0 Å². The maximum absolute atomic E-state index is 8.75. The van der Waals surface area contributed by atoms with Crippen LogP contribution in [0.3, 0.4) is 0 Å². The monoisotopic (exact) mass is 259 g/mol. The van der Waals surface area contributed by atoms with E-state index in [4.69, 9.17) is 5.26 Å². The quantitative estimate of drug-likeness (QED) is 0.820. The molecule has 4 aliphatic rings. The van der Waals surface area contributed by atoms with Crippen LogP contribution in [0.15, 0.2) is 0 Å². The van der Waals surface area contributed by atoms with Gasteiger partial charge in [-0.25, -0.2) is 0 Å². The highest BCUT2D eigenvalue weighted by Gasteiger charge is 2.53. The van der Waals surface area contributed by atoms with Crippen molar-refractivity contribution in [3.05, 3.63) is 10.0 Å². The average molecular weight is 259 g/mol. The Hall–Kier alpha value is -0.950. The zero-order valence-electron chi connectivity index (χ0n) is 10.4. The normalized spacial score (nSPS) is 40.9. The zero-order valence-corrected chi connectivity index (χ0v) is 11.2. The average Bonchev–Trinajstić information content (AvgIpc) is 2.77. The summed E-state index contributed by atoms with van der Waals surface area (Å²) in [6.07, 6.45) is 8.81. The first-order valence-corrected chi connectivity index (χ1v) is 7.79. The molecule has 4 bridgehead atoms. The van der Waals surface area contributed by atoms with Crippen LogP contribution in [-0.2, 0) is 11.8 Å². The van der Waals surface area contributed by atoms with Crippen molar-refractivity contribution in [1.29, 1.82) is 5.26 Å². The summed E-state index contributed by atoms with van der Waals surface area (Å²) in [7, 11) is 0. The maximum atomic E-state index is 8.75. The van der Waals surface area contributed by atoms with Gasteiger partial charge in [0.15, 0.2) is 0 Å². The molecule has 0 N–H and O–H groups in total. The van der Waals surface area contributed by atoms with E-state index in [0.29, 0.717) is 11.8 Å². The van der Waals surface area contributed by atoms with Crippen LogP contribution in [0.25, 0.3) is 0 Å². The lowest BCUT2D eigenvalue weighted by Gasteiger charge is -2.55. The minimum absolute atomic E-state index is 0.347. The van der Waals surface area contributed by atoms with Crippen molar-refractivity contribution < 1.29 is 0 Å². The van der Waals surface area contributed by atoms with E-state index in [1.54, 1.807) is 11.3 Å². The van der Waals surface area contributed by atoms with Crippen LogP contribution in [0, 0.1) is 29.1 Å². The van der Waals surface area contributed by atoms with Crippen LogP contribution in [0.1, 0.15) is 48.5 Å². The molecule has 0 saturated heterocycles. The van der Waals surface area contributed by atoms with Gasteiger partial charge in [-0.2, -0.15) is 5.26 Å². The number of aromatic nitrogens is 2. The molecule has 0 unspecified atom stereocenters. The van der Waals surface area contributed by atoms with E-state index in [-0.39, 0.29) is 0 Å². The highest BCUT2D eigenvalue weighted by atomic mass is 32.1. The molecule has 4 saturated carbocycles. The molecule has 94 valence electrons. The summed E-state index contributed by atoms with van der Waals surface area (Å²) in [5.74, 6) is 2.83. The molecule has 5 rings (SSSR count). The fourth-order valence-electron chi connectivity index (χ4n) is 4.98. The molecule has 4 heteroatoms. The van der Waals surface area contributed by atoms with E-state index in [1.165, 1.54) is 43.5 Å². The first-order chi connectivity index (χ1) is 8.77. The van der Waals surface area contributed by atoms with Crippen molar-refractivity contribution in [3.8, 4) is 6.07 Å². The van der Waals surface area contributed by atoms with Gasteiger partial charge in [0.25, 0.3) is 0 Å². The second kappa shape index (κ2) is 3.77. The van der Waals surface area contributed by atoms with Crippen molar-refractivity contribution in [2.45, 2.75) is 50.4 Å². The smallest absolute Gasteiger partial charge is 0.131 e. The van der Waals surface area contributed by atoms with Crippen LogP contribution >= 0.6 is 11.3 Å². The van der Waals surface area contributed by atoms with E-state index in [2.05, 4.69) is 16.3 Å². The Morgan fingerprint density at radius 1 is 1.11 bits per heavy atom. The Kier molecular flexibility index (Phi) is 2.29. The third-order valence-electron chi connectivity index (χ3n) is 5.19. The lowest BCUT2D eigenvalue weighted by Crippen LogP contribution is -2.48. The van der Waals surface area contributed by atoms with E-state index in [0.717, 1.165) is 22.8 Å². The molecule has 4 fully saturated rings. The third kappa shape index (κ3) is 1.53. The molecule has 1 aromatic rings. The number of nitriles is 1. The molecule has 18 heavy (non-hydrogen) atoms. The molecule has 0 atom stereocenters. The Morgan fingerprint density at radius 3 is 2.28 bits per heavy atom. The van der Waals surface area contributed by atoms with Gasteiger partial charge in [0.2, 0.25) is 0 Å². The predicted molar refractivity (Wildman–Crippen MR) is 69.1 cm³/mol. The first kappa shape index (κ1) is 10.9. The Balaban J connectivity index is 1.68. The Morgan fingerprint density at radius 2 is 1.72 bits per heavy atom. The molecule has 0 aliphatic heterocycles. The molecule has 0 radical (unpaired) electrons. The Labute approximate surface area is 111 Å². The molecular formula is C14H17N3S. The van der Waals surface area contributed by atoms with Crippen LogP contribution in [0.5, 0.6) is 0 Å². The number of hydrogen-bond donors (Lipinski definition) is 0. The van der Waals surface area contributed by atoms with E-state index < -0.39 is 0 Å². The molecule has 0 aromatic carbocycles. The van der Waals surface area contributed by atoms with Crippen LogP contribution in [0.2, 0.25) is 0 Å². The van der Waals surface area contributed by atoms with Crippen LogP contribution in [0.4, 0.5) is 0 Å². The standard InChI is InChI=1S/C14H17N3S/c15-2-1-12-16-17-13(18-12)14-6-9-3-10(7-14)5-11(4-9)8-14/h9-11H,1,3-8H2. The van der Waals surface area contributed by atoms with Gasteiger partial charge in [-0.3, -0.25) is 0 Å². The van der Waals surface area contributed by atoms with Crippen molar-refractivity contribution in [2.24, 2.45) is 17.8 Å². The van der Waals surface area contributed by atoms with E-state index >= 15 is 0 Å². The minimum Gasteiger partial charge on any atom is -0.198 e. The lowest BCUT2D eigenvalue weighted by molar-refractivity contribution is -0.00555. The van der Waals surface area contributed by atoms with Gasteiger partial charge >= 0.3 is 0 Å². The van der Waals surface area contributed by atoms with E-state index in [1.807, 2.05) is 0 Å². The fourth-order valence-corrected chi connectivity index (χ4v) is 5.97. The van der Waals surface area contributed by atoms with Gasteiger partial charge in [-0.05, 0) is 56.3 Å². The largest absolute Gasteiger partial charge is 0.198 e. The number of rotatable bonds is 2. The highest BCUT2D eigenvalue weighted by Crippen LogP contribution is 2.60. The molecule has 1 heterocycles. The van der Waals surface area contributed by atoms with Gasteiger partial charge < -0.3 is 0 Å². The molecule has 3 nitrogen and oxygen atoms in total. The topological polar surface area (TPSA) is 49.6 Å². The van der Waals surface area contributed by atoms with E-state index in [9.17, 15) is 0 Å². The summed E-state index contributed by atoms with van der Waals surface area (Å²) in [6, 6.07) is 2.18. The zero-order chi connectivity index (χ0) is 12.2. The lowest BCUT2D eigenvalue weighted by atomic mass is 9.50. The second-order valence-corrected chi connectivity index (χ2v) is 7.60. The van der Waals surface area contributed by atoms with Crippen molar-refractivity contribution in [3.63, 3.8) is 0 Å².